The van der Waals surface area contributed by atoms with Gasteiger partial charge in [-0.3, -0.25) is 0 Å². The van der Waals surface area contributed by atoms with Gasteiger partial charge in [-0.05, 0) is 45.4 Å². The lowest BCUT2D eigenvalue weighted by atomic mass is 9.75. The largest absolute Gasteiger partial charge is 0.303 e. The molecular weight excluding hydrogens is 188 g/mol. The molecule has 1 atom stereocenters. The third-order valence-corrected chi connectivity index (χ3v) is 3.25. The molecule has 0 aliphatic heterocycles. The molecule has 0 radical (unpaired) electrons. The van der Waals surface area contributed by atoms with E-state index in [0.29, 0.717) is 6.42 Å². The molecule has 2 nitrogen and oxygen atoms in total. The molecule has 1 aliphatic carbocycles. The molecule has 0 aromatic rings. The van der Waals surface area contributed by atoms with Gasteiger partial charge >= 0.3 is 0 Å². The molecule has 0 aromatic carbocycles. The first-order valence-corrected chi connectivity index (χ1v) is 5.79. The SMILES string of the molecule is CC(=O)CCC1(C=O)CC/C=C\CCC1. The van der Waals surface area contributed by atoms with E-state index < -0.39 is 0 Å². The summed E-state index contributed by atoms with van der Waals surface area (Å²) in [6, 6.07) is 0. The molecule has 0 saturated heterocycles. The van der Waals surface area contributed by atoms with E-state index in [9.17, 15) is 9.59 Å². The summed E-state index contributed by atoms with van der Waals surface area (Å²) in [7, 11) is 0. The highest BCUT2D eigenvalue weighted by Gasteiger charge is 2.28. The van der Waals surface area contributed by atoms with Gasteiger partial charge < -0.3 is 9.59 Å². The normalized spacial score (nSPS) is 28.9. The third kappa shape index (κ3) is 3.98. The van der Waals surface area contributed by atoms with E-state index in [1.807, 2.05) is 0 Å². The topological polar surface area (TPSA) is 34.1 Å². The average Bonchev–Trinajstić information content (AvgIpc) is 2.17. The van der Waals surface area contributed by atoms with Crippen LogP contribution < -0.4 is 0 Å². The molecule has 0 amide bonds. The van der Waals surface area contributed by atoms with Gasteiger partial charge in [0.25, 0.3) is 0 Å². The lowest BCUT2D eigenvalue weighted by Gasteiger charge is -2.28. The van der Waals surface area contributed by atoms with Crippen molar-refractivity contribution in [1.82, 2.24) is 0 Å². The second-order valence-electron chi connectivity index (χ2n) is 4.58. The number of hydrogen-bond donors (Lipinski definition) is 0. The molecule has 1 unspecified atom stereocenters. The number of Topliss-reactive ketones (excluding diaryl/α,β-unsaturated/α-hetero) is 1. The van der Waals surface area contributed by atoms with Crippen LogP contribution in [-0.2, 0) is 9.59 Å². The predicted molar refractivity (Wildman–Crippen MR) is 60.6 cm³/mol. The van der Waals surface area contributed by atoms with Gasteiger partial charge in [-0.2, -0.15) is 0 Å². The molecule has 1 rings (SSSR count). The number of carbonyl (C=O) groups excluding carboxylic acids is 2. The van der Waals surface area contributed by atoms with E-state index in [2.05, 4.69) is 12.2 Å². The molecule has 0 aromatic heterocycles. The Hall–Kier alpha value is -0.920. The minimum Gasteiger partial charge on any atom is -0.303 e. The number of ketones is 1. The fourth-order valence-electron chi connectivity index (χ4n) is 2.16. The maximum Gasteiger partial charge on any atom is 0.129 e. The van der Waals surface area contributed by atoms with Crippen LogP contribution in [0.4, 0.5) is 0 Å². The Morgan fingerprint density at radius 3 is 2.73 bits per heavy atom. The van der Waals surface area contributed by atoms with Crippen LogP contribution in [0.25, 0.3) is 0 Å². The van der Waals surface area contributed by atoms with Gasteiger partial charge in [0.15, 0.2) is 0 Å². The van der Waals surface area contributed by atoms with E-state index in [1.165, 1.54) is 0 Å². The highest BCUT2D eigenvalue weighted by molar-refractivity contribution is 5.76. The molecular formula is C13H20O2. The Labute approximate surface area is 91.7 Å². The maximum absolute atomic E-state index is 11.2. The fraction of sp³-hybridized carbons (Fsp3) is 0.692. The van der Waals surface area contributed by atoms with Crippen molar-refractivity contribution in [3.05, 3.63) is 12.2 Å². The van der Waals surface area contributed by atoms with E-state index in [1.54, 1.807) is 6.92 Å². The zero-order chi connectivity index (χ0) is 11.1. The minimum atomic E-state index is -0.226. The standard InChI is InChI=1S/C13H20O2/c1-12(15)7-10-13(11-14)8-5-3-2-4-6-9-13/h2-3,11H,4-10H2,1H3/b3-2-. The number of allylic oxidation sites excluding steroid dienone is 2. The highest BCUT2D eigenvalue weighted by Crippen LogP contribution is 2.34. The summed E-state index contributed by atoms with van der Waals surface area (Å²) in [5.41, 5.74) is -0.226. The molecule has 0 spiro atoms. The molecule has 15 heavy (non-hydrogen) atoms. The summed E-state index contributed by atoms with van der Waals surface area (Å²) >= 11 is 0. The predicted octanol–water partition coefficient (Wildman–Crippen LogP) is 3.06. The zero-order valence-electron chi connectivity index (χ0n) is 9.50. The van der Waals surface area contributed by atoms with Crippen LogP contribution in [0.15, 0.2) is 12.2 Å². The molecule has 1 aliphatic rings. The smallest absolute Gasteiger partial charge is 0.129 e. The van der Waals surface area contributed by atoms with Gasteiger partial charge in [0.2, 0.25) is 0 Å². The first-order chi connectivity index (χ1) is 7.18. The van der Waals surface area contributed by atoms with Gasteiger partial charge in [0.05, 0.1) is 0 Å². The third-order valence-electron chi connectivity index (χ3n) is 3.25. The van der Waals surface area contributed by atoms with Crippen LogP contribution in [-0.4, -0.2) is 12.1 Å². The van der Waals surface area contributed by atoms with Crippen LogP contribution in [0.2, 0.25) is 0 Å². The number of rotatable bonds is 4. The summed E-state index contributed by atoms with van der Waals surface area (Å²) in [6.45, 7) is 1.60. The summed E-state index contributed by atoms with van der Waals surface area (Å²) in [6.07, 6.45) is 11.7. The van der Waals surface area contributed by atoms with E-state index in [-0.39, 0.29) is 11.2 Å². The first kappa shape index (κ1) is 12.2. The Kier molecular flexibility index (Phi) is 4.73. The summed E-state index contributed by atoms with van der Waals surface area (Å²) < 4.78 is 0. The van der Waals surface area contributed by atoms with Crippen molar-refractivity contribution in [2.24, 2.45) is 5.41 Å². The van der Waals surface area contributed by atoms with Crippen molar-refractivity contribution in [3.8, 4) is 0 Å². The Morgan fingerprint density at radius 2 is 2.07 bits per heavy atom. The molecule has 0 N–H and O–H groups in total. The Balaban J connectivity index is 2.59. The van der Waals surface area contributed by atoms with Gasteiger partial charge in [-0.15, -0.1) is 0 Å². The lowest BCUT2D eigenvalue weighted by Crippen LogP contribution is -2.24. The molecule has 2 heteroatoms. The van der Waals surface area contributed by atoms with E-state index >= 15 is 0 Å². The summed E-state index contributed by atoms with van der Waals surface area (Å²) in [5, 5.41) is 0. The minimum absolute atomic E-state index is 0.189. The van der Waals surface area contributed by atoms with Crippen LogP contribution in [0, 0.1) is 5.41 Å². The molecule has 0 fully saturated rings. The van der Waals surface area contributed by atoms with Gasteiger partial charge in [0, 0.05) is 11.8 Å². The van der Waals surface area contributed by atoms with Crippen molar-refractivity contribution in [1.29, 1.82) is 0 Å². The zero-order valence-corrected chi connectivity index (χ0v) is 9.50. The van der Waals surface area contributed by atoms with Crippen molar-refractivity contribution in [2.45, 2.75) is 51.9 Å². The molecule has 0 heterocycles. The van der Waals surface area contributed by atoms with Crippen LogP contribution in [0.5, 0.6) is 0 Å². The fourth-order valence-corrected chi connectivity index (χ4v) is 2.16. The average molecular weight is 208 g/mol. The number of aldehydes is 1. The quantitative estimate of drug-likeness (QED) is 0.525. The van der Waals surface area contributed by atoms with Crippen LogP contribution >= 0.6 is 0 Å². The molecule has 84 valence electrons. The summed E-state index contributed by atoms with van der Waals surface area (Å²) in [5.74, 6) is 0.189. The molecule has 0 bridgehead atoms. The van der Waals surface area contributed by atoms with Crippen LogP contribution in [0.3, 0.4) is 0 Å². The number of carbonyl (C=O) groups is 2. The van der Waals surface area contributed by atoms with Gasteiger partial charge in [0.1, 0.15) is 12.1 Å². The van der Waals surface area contributed by atoms with Crippen molar-refractivity contribution in [3.63, 3.8) is 0 Å². The van der Waals surface area contributed by atoms with Crippen molar-refractivity contribution in [2.75, 3.05) is 0 Å². The van der Waals surface area contributed by atoms with Crippen molar-refractivity contribution >= 4 is 12.1 Å². The second kappa shape index (κ2) is 5.84. The Morgan fingerprint density at radius 1 is 1.33 bits per heavy atom. The number of hydrogen-bond acceptors (Lipinski definition) is 2. The monoisotopic (exact) mass is 208 g/mol. The molecule has 0 saturated carbocycles. The van der Waals surface area contributed by atoms with E-state index in [0.717, 1.165) is 44.8 Å². The van der Waals surface area contributed by atoms with E-state index in [4.69, 9.17) is 0 Å². The maximum atomic E-state index is 11.2. The summed E-state index contributed by atoms with van der Waals surface area (Å²) in [4.78, 5) is 22.2. The van der Waals surface area contributed by atoms with Gasteiger partial charge in [-0.1, -0.05) is 12.2 Å². The second-order valence-corrected chi connectivity index (χ2v) is 4.58. The van der Waals surface area contributed by atoms with Crippen molar-refractivity contribution < 1.29 is 9.59 Å². The Bertz CT molecular complexity index is 255. The van der Waals surface area contributed by atoms with Gasteiger partial charge in [-0.25, -0.2) is 0 Å². The highest BCUT2D eigenvalue weighted by atomic mass is 16.1. The lowest BCUT2D eigenvalue weighted by molar-refractivity contribution is -0.120. The first-order valence-electron chi connectivity index (χ1n) is 5.79. The van der Waals surface area contributed by atoms with Crippen LogP contribution in [0.1, 0.15) is 51.9 Å².